The molecule has 0 aliphatic rings. The van der Waals surface area contributed by atoms with Crippen molar-refractivity contribution in [3.63, 3.8) is 0 Å². The van der Waals surface area contributed by atoms with Crippen molar-refractivity contribution in [3.05, 3.63) is 29.6 Å². The number of benzene rings is 1. The third kappa shape index (κ3) is 6.42. The zero-order chi connectivity index (χ0) is 14.5. The Morgan fingerprint density at radius 3 is 2.47 bits per heavy atom. The monoisotopic (exact) mass is 279 g/mol. The average molecular weight is 279 g/mol. The lowest BCUT2D eigenvalue weighted by Gasteiger charge is -2.11. The van der Waals surface area contributed by atoms with E-state index >= 15 is 0 Å². The molecule has 0 saturated heterocycles. The topological polar surface area (TPSA) is 21.3 Å². The standard InChI is InChI=1S/C13H17F4NO/c1-9(2)6-18-7-10-3-4-12(11(14)5-10)19-8-13(15,16)17/h3-5,9,18H,6-8H2,1-2H3. The molecule has 0 spiro atoms. The maximum absolute atomic E-state index is 13.5. The van der Waals surface area contributed by atoms with Crippen LogP contribution in [0.2, 0.25) is 0 Å². The smallest absolute Gasteiger partial charge is 0.422 e. The fourth-order valence-electron chi connectivity index (χ4n) is 1.44. The fraction of sp³-hybridized carbons (Fsp3) is 0.538. The first-order chi connectivity index (χ1) is 8.78. The van der Waals surface area contributed by atoms with Crippen molar-refractivity contribution in [3.8, 4) is 5.75 Å². The second-order valence-electron chi connectivity index (χ2n) is 4.69. The third-order valence-electron chi connectivity index (χ3n) is 2.27. The van der Waals surface area contributed by atoms with E-state index in [2.05, 4.69) is 10.1 Å². The van der Waals surface area contributed by atoms with E-state index in [1.807, 2.05) is 13.8 Å². The van der Waals surface area contributed by atoms with Gasteiger partial charge < -0.3 is 10.1 Å². The summed E-state index contributed by atoms with van der Waals surface area (Å²) < 4.78 is 53.7. The van der Waals surface area contributed by atoms with Crippen molar-refractivity contribution in [2.45, 2.75) is 26.6 Å². The molecule has 0 amide bonds. The zero-order valence-corrected chi connectivity index (χ0v) is 10.9. The zero-order valence-electron chi connectivity index (χ0n) is 10.9. The SMILES string of the molecule is CC(C)CNCc1ccc(OCC(F)(F)F)c(F)c1. The molecule has 1 rings (SSSR count). The summed E-state index contributed by atoms with van der Waals surface area (Å²) in [6, 6.07) is 3.94. The van der Waals surface area contributed by atoms with Gasteiger partial charge in [-0.3, -0.25) is 0 Å². The molecule has 0 radical (unpaired) electrons. The molecule has 2 nitrogen and oxygen atoms in total. The molecule has 0 aliphatic heterocycles. The summed E-state index contributed by atoms with van der Waals surface area (Å²) in [4.78, 5) is 0. The van der Waals surface area contributed by atoms with Crippen LogP contribution in [-0.2, 0) is 6.54 Å². The molecule has 0 saturated carbocycles. The lowest BCUT2D eigenvalue weighted by molar-refractivity contribution is -0.153. The minimum atomic E-state index is -4.47. The molecule has 0 atom stereocenters. The van der Waals surface area contributed by atoms with E-state index in [1.165, 1.54) is 12.1 Å². The first-order valence-corrected chi connectivity index (χ1v) is 5.96. The van der Waals surface area contributed by atoms with E-state index in [9.17, 15) is 17.6 Å². The summed E-state index contributed by atoms with van der Waals surface area (Å²) in [5.41, 5.74) is 0.664. The van der Waals surface area contributed by atoms with Crippen LogP contribution in [0, 0.1) is 11.7 Å². The van der Waals surface area contributed by atoms with Crippen molar-refractivity contribution in [2.75, 3.05) is 13.2 Å². The van der Waals surface area contributed by atoms with E-state index in [1.54, 1.807) is 6.07 Å². The predicted molar refractivity (Wildman–Crippen MR) is 64.5 cm³/mol. The molecule has 0 aliphatic carbocycles. The normalized spacial score (nSPS) is 11.9. The number of halogens is 4. The van der Waals surface area contributed by atoms with E-state index in [-0.39, 0.29) is 5.75 Å². The lowest BCUT2D eigenvalue weighted by atomic mass is 10.2. The minimum absolute atomic E-state index is 0.384. The Kier molecular flexibility index (Phi) is 5.60. The number of ether oxygens (including phenoxy) is 1. The highest BCUT2D eigenvalue weighted by atomic mass is 19.4. The molecule has 0 bridgehead atoms. The van der Waals surface area contributed by atoms with Crippen LogP contribution >= 0.6 is 0 Å². The highest BCUT2D eigenvalue weighted by molar-refractivity contribution is 5.29. The van der Waals surface area contributed by atoms with Crippen molar-refractivity contribution in [1.29, 1.82) is 0 Å². The van der Waals surface area contributed by atoms with E-state index in [0.717, 1.165) is 6.54 Å². The van der Waals surface area contributed by atoms with Gasteiger partial charge in [0.2, 0.25) is 0 Å². The van der Waals surface area contributed by atoms with Crippen LogP contribution < -0.4 is 10.1 Å². The van der Waals surface area contributed by atoms with Crippen molar-refractivity contribution >= 4 is 0 Å². The number of hydrogen-bond acceptors (Lipinski definition) is 2. The Bertz CT molecular complexity index is 404. The van der Waals surface area contributed by atoms with Gasteiger partial charge in [-0.2, -0.15) is 13.2 Å². The summed E-state index contributed by atoms with van der Waals surface area (Å²) in [7, 11) is 0. The molecule has 108 valence electrons. The Morgan fingerprint density at radius 2 is 1.95 bits per heavy atom. The largest absolute Gasteiger partial charge is 0.481 e. The van der Waals surface area contributed by atoms with Crippen LogP contribution in [0.25, 0.3) is 0 Å². The molecule has 19 heavy (non-hydrogen) atoms. The number of rotatable bonds is 6. The van der Waals surface area contributed by atoms with E-state index in [0.29, 0.717) is 18.0 Å². The fourth-order valence-corrected chi connectivity index (χ4v) is 1.44. The number of nitrogens with one attached hydrogen (secondary N) is 1. The summed E-state index contributed by atoms with van der Waals surface area (Å²) in [5.74, 6) is -0.697. The third-order valence-corrected chi connectivity index (χ3v) is 2.27. The summed E-state index contributed by atoms with van der Waals surface area (Å²) in [5, 5.41) is 3.12. The van der Waals surface area contributed by atoms with Crippen molar-refractivity contribution in [2.24, 2.45) is 5.92 Å². The Hall–Kier alpha value is -1.30. The van der Waals surface area contributed by atoms with Gasteiger partial charge in [0.1, 0.15) is 0 Å². The van der Waals surface area contributed by atoms with Gasteiger partial charge in [-0.05, 0) is 30.2 Å². The van der Waals surface area contributed by atoms with Crippen LogP contribution in [0.5, 0.6) is 5.75 Å². The molecule has 0 aromatic heterocycles. The first kappa shape index (κ1) is 15.8. The average Bonchev–Trinajstić information content (AvgIpc) is 2.26. The van der Waals surface area contributed by atoms with E-state index < -0.39 is 18.6 Å². The predicted octanol–water partition coefficient (Wildman–Crippen LogP) is 3.51. The van der Waals surface area contributed by atoms with Crippen LogP contribution in [0.1, 0.15) is 19.4 Å². The van der Waals surface area contributed by atoms with Crippen molar-refractivity contribution < 1.29 is 22.3 Å². The Labute approximate surface area is 109 Å². The van der Waals surface area contributed by atoms with Gasteiger partial charge >= 0.3 is 6.18 Å². The van der Waals surface area contributed by atoms with Gasteiger partial charge in [0.15, 0.2) is 18.2 Å². The quantitative estimate of drug-likeness (QED) is 0.805. The van der Waals surface area contributed by atoms with Gasteiger partial charge in [0.05, 0.1) is 0 Å². The Morgan fingerprint density at radius 1 is 1.26 bits per heavy atom. The maximum atomic E-state index is 13.5. The van der Waals surface area contributed by atoms with Crippen LogP contribution in [0.4, 0.5) is 17.6 Å². The Balaban J connectivity index is 2.54. The van der Waals surface area contributed by atoms with Gasteiger partial charge in [-0.1, -0.05) is 19.9 Å². The maximum Gasteiger partial charge on any atom is 0.422 e. The van der Waals surface area contributed by atoms with Crippen LogP contribution in [0.15, 0.2) is 18.2 Å². The summed E-state index contributed by atoms with van der Waals surface area (Å²) in [6.45, 7) is 3.85. The van der Waals surface area contributed by atoms with Gasteiger partial charge in [-0.25, -0.2) is 4.39 Å². The molecule has 1 N–H and O–H groups in total. The van der Waals surface area contributed by atoms with Crippen molar-refractivity contribution in [1.82, 2.24) is 5.32 Å². The van der Waals surface area contributed by atoms with Gasteiger partial charge in [0.25, 0.3) is 0 Å². The lowest BCUT2D eigenvalue weighted by Crippen LogP contribution is -2.20. The summed E-state index contributed by atoms with van der Waals surface area (Å²) >= 11 is 0. The molecular weight excluding hydrogens is 262 g/mol. The van der Waals surface area contributed by atoms with Crippen LogP contribution in [-0.4, -0.2) is 19.3 Å². The number of hydrogen-bond donors (Lipinski definition) is 1. The second kappa shape index (κ2) is 6.75. The van der Waals surface area contributed by atoms with Gasteiger partial charge in [0, 0.05) is 6.54 Å². The minimum Gasteiger partial charge on any atom is -0.481 e. The molecule has 1 aromatic rings. The van der Waals surface area contributed by atoms with E-state index in [4.69, 9.17) is 0 Å². The first-order valence-electron chi connectivity index (χ1n) is 5.96. The molecule has 0 heterocycles. The second-order valence-corrected chi connectivity index (χ2v) is 4.69. The highest BCUT2D eigenvalue weighted by Gasteiger charge is 2.28. The van der Waals surface area contributed by atoms with Crippen LogP contribution in [0.3, 0.4) is 0 Å². The molecule has 0 unspecified atom stereocenters. The molecule has 0 fully saturated rings. The molecular formula is C13H17F4NO. The molecule has 6 heteroatoms. The highest BCUT2D eigenvalue weighted by Crippen LogP contribution is 2.22. The summed E-state index contributed by atoms with van der Waals surface area (Å²) in [6.07, 6.45) is -4.47. The number of alkyl halides is 3. The molecule has 1 aromatic carbocycles. The van der Waals surface area contributed by atoms with Gasteiger partial charge in [-0.15, -0.1) is 0 Å².